The van der Waals surface area contributed by atoms with Gasteiger partial charge in [-0.1, -0.05) is 31.4 Å². The molecule has 2 atom stereocenters. The Morgan fingerprint density at radius 2 is 2.00 bits per heavy atom. The van der Waals surface area contributed by atoms with Crippen molar-refractivity contribution in [3.63, 3.8) is 0 Å². The van der Waals surface area contributed by atoms with E-state index in [1.54, 1.807) is 4.90 Å². The number of amides is 2. The molecule has 0 radical (unpaired) electrons. The Kier molecular flexibility index (Phi) is 5.01. The largest absolute Gasteiger partial charge is 0.376 e. The smallest absolute Gasteiger partial charge is 0.290 e. The Hall–Kier alpha value is -2.41. The van der Waals surface area contributed by atoms with E-state index in [0.717, 1.165) is 56.2 Å². The van der Waals surface area contributed by atoms with Crippen molar-refractivity contribution in [1.82, 2.24) is 19.8 Å². The van der Waals surface area contributed by atoms with Crippen molar-refractivity contribution in [2.75, 3.05) is 13.2 Å². The van der Waals surface area contributed by atoms with Gasteiger partial charge in [-0.25, -0.2) is 4.98 Å². The van der Waals surface area contributed by atoms with Crippen molar-refractivity contribution in [2.24, 2.45) is 0 Å². The van der Waals surface area contributed by atoms with E-state index in [2.05, 4.69) is 10.3 Å². The summed E-state index contributed by atoms with van der Waals surface area (Å²) in [7, 11) is 0. The molecule has 0 spiro atoms. The molecule has 5 rings (SSSR count). The van der Waals surface area contributed by atoms with Crippen LogP contribution in [-0.2, 0) is 16.1 Å². The molecule has 1 aromatic heterocycles. The molecule has 1 saturated heterocycles. The van der Waals surface area contributed by atoms with E-state index < -0.39 is 5.54 Å². The quantitative estimate of drug-likeness (QED) is 0.841. The Labute approximate surface area is 176 Å². The Bertz CT molecular complexity index is 959. The standard InChI is InChI=1S/C23H30N4O3/c1-23(22(29)24-16-8-3-2-4-9-16)15-26-19-12-6-5-11-18(19)25-20(26)21(28)27(23)14-17-10-7-13-30-17/h5-6,11-12,16-17H,2-4,7-10,13-15H2,1H3,(H,24,29)/t17-,23+/m0/s1. The molecule has 1 N–H and O–H groups in total. The number of benzene rings is 1. The first kappa shape index (κ1) is 19.5. The highest BCUT2D eigenvalue weighted by atomic mass is 16.5. The predicted octanol–water partition coefficient (Wildman–Crippen LogP) is 2.88. The van der Waals surface area contributed by atoms with Crippen molar-refractivity contribution in [3.05, 3.63) is 30.1 Å². The summed E-state index contributed by atoms with van der Waals surface area (Å²) in [6.07, 6.45) is 7.45. The predicted molar refractivity (Wildman–Crippen MR) is 113 cm³/mol. The van der Waals surface area contributed by atoms with Gasteiger partial charge in [-0.15, -0.1) is 0 Å². The van der Waals surface area contributed by atoms with Crippen LogP contribution >= 0.6 is 0 Å². The van der Waals surface area contributed by atoms with Gasteiger partial charge in [0.05, 0.1) is 23.7 Å². The lowest BCUT2D eigenvalue weighted by atomic mass is 9.91. The van der Waals surface area contributed by atoms with Crippen LogP contribution in [0.1, 0.15) is 62.5 Å². The van der Waals surface area contributed by atoms with Gasteiger partial charge in [0.15, 0.2) is 5.82 Å². The van der Waals surface area contributed by atoms with Gasteiger partial charge < -0.3 is 19.5 Å². The minimum atomic E-state index is -0.975. The van der Waals surface area contributed by atoms with E-state index in [1.807, 2.05) is 35.8 Å². The molecule has 1 aliphatic carbocycles. The lowest BCUT2D eigenvalue weighted by molar-refractivity contribution is -0.134. The number of aromatic nitrogens is 2. The molecule has 7 heteroatoms. The number of hydrogen-bond donors (Lipinski definition) is 1. The second-order valence-electron chi connectivity index (χ2n) is 9.14. The summed E-state index contributed by atoms with van der Waals surface area (Å²) in [6.45, 7) is 3.45. The summed E-state index contributed by atoms with van der Waals surface area (Å²) < 4.78 is 7.74. The third-order valence-corrected chi connectivity index (χ3v) is 6.99. The van der Waals surface area contributed by atoms with E-state index in [9.17, 15) is 9.59 Å². The SMILES string of the molecule is C[C@]1(C(=O)NC2CCCCC2)Cn2c(nc3ccccc32)C(=O)N1C[C@@H]1CCCO1. The second kappa shape index (κ2) is 7.69. The summed E-state index contributed by atoms with van der Waals surface area (Å²) >= 11 is 0. The number of fused-ring (bicyclic) bond motifs is 3. The topological polar surface area (TPSA) is 76.5 Å². The summed E-state index contributed by atoms with van der Waals surface area (Å²) in [6, 6.07) is 7.94. The van der Waals surface area contributed by atoms with E-state index in [4.69, 9.17) is 4.74 Å². The molecule has 7 nitrogen and oxygen atoms in total. The van der Waals surface area contributed by atoms with Gasteiger partial charge in [0.1, 0.15) is 5.54 Å². The average Bonchev–Trinajstić information content (AvgIpc) is 3.40. The van der Waals surface area contributed by atoms with Crippen molar-refractivity contribution in [2.45, 2.75) is 76.1 Å². The van der Waals surface area contributed by atoms with Crippen LogP contribution in [0.4, 0.5) is 0 Å². The first-order valence-corrected chi connectivity index (χ1v) is 11.3. The molecule has 0 bridgehead atoms. The van der Waals surface area contributed by atoms with Crippen molar-refractivity contribution in [3.8, 4) is 0 Å². The van der Waals surface area contributed by atoms with E-state index in [1.165, 1.54) is 6.42 Å². The number of carbonyl (C=O) groups is 2. The second-order valence-corrected chi connectivity index (χ2v) is 9.14. The van der Waals surface area contributed by atoms with Crippen LogP contribution in [0.5, 0.6) is 0 Å². The fourth-order valence-electron chi connectivity index (χ4n) is 5.20. The van der Waals surface area contributed by atoms with E-state index in [0.29, 0.717) is 18.9 Å². The number of para-hydroxylation sites is 2. The maximum absolute atomic E-state index is 13.6. The third-order valence-electron chi connectivity index (χ3n) is 6.99. The monoisotopic (exact) mass is 410 g/mol. The highest BCUT2D eigenvalue weighted by Crippen LogP contribution is 2.32. The molecule has 0 unspecified atom stereocenters. The fourth-order valence-corrected chi connectivity index (χ4v) is 5.20. The molecule has 3 aliphatic rings. The zero-order valence-corrected chi connectivity index (χ0v) is 17.6. The zero-order chi connectivity index (χ0) is 20.7. The Morgan fingerprint density at radius 1 is 1.20 bits per heavy atom. The van der Waals surface area contributed by atoms with Crippen LogP contribution in [0.15, 0.2) is 24.3 Å². The first-order valence-electron chi connectivity index (χ1n) is 11.3. The number of hydrogen-bond acceptors (Lipinski definition) is 4. The van der Waals surface area contributed by atoms with Gasteiger partial charge >= 0.3 is 0 Å². The lowest BCUT2D eigenvalue weighted by Gasteiger charge is -2.45. The van der Waals surface area contributed by atoms with Crippen molar-refractivity contribution < 1.29 is 14.3 Å². The van der Waals surface area contributed by atoms with Crippen LogP contribution in [-0.4, -0.2) is 57.1 Å². The minimum Gasteiger partial charge on any atom is -0.376 e. The van der Waals surface area contributed by atoms with E-state index in [-0.39, 0.29) is 24.0 Å². The number of rotatable bonds is 4. The summed E-state index contributed by atoms with van der Waals surface area (Å²) in [4.78, 5) is 33.5. The fraction of sp³-hybridized carbons (Fsp3) is 0.609. The lowest BCUT2D eigenvalue weighted by Crippen LogP contribution is -2.66. The molecule has 2 aliphatic heterocycles. The maximum atomic E-state index is 13.6. The van der Waals surface area contributed by atoms with Gasteiger partial charge in [0.2, 0.25) is 5.91 Å². The highest BCUT2D eigenvalue weighted by molar-refractivity contribution is 6.01. The van der Waals surface area contributed by atoms with Gasteiger partial charge in [0, 0.05) is 19.2 Å². The van der Waals surface area contributed by atoms with E-state index >= 15 is 0 Å². The molecular weight excluding hydrogens is 380 g/mol. The van der Waals surface area contributed by atoms with Crippen LogP contribution in [0.25, 0.3) is 11.0 Å². The zero-order valence-electron chi connectivity index (χ0n) is 17.6. The molecule has 2 fully saturated rings. The molecule has 30 heavy (non-hydrogen) atoms. The van der Waals surface area contributed by atoms with Gasteiger partial charge in [0.25, 0.3) is 5.91 Å². The average molecular weight is 411 g/mol. The number of nitrogens with zero attached hydrogens (tertiary/aromatic N) is 3. The summed E-state index contributed by atoms with van der Waals surface area (Å²) in [5.41, 5.74) is 0.709. The van der Waals surface area contributed by atoms with Crippen LogP contribution < -0.4 is 5.32 Å². The number of nitrogens with one attached hydrogen (secondary N) is 1. The Balaban J connectivity index is 1.51. The van der Waals surface area contributed by atoms with Crippen LogP contribution in [0.2, 0.25) is 0 Å². The molecule has 3 heterocycles. The molecule has 2 aromatic rings. The molecule has 1 saturated carbocycles. The Morgan fingerprint density at radius 3 is 2.77 bits per heavy atom. The molecule has 2 amide bonds. The van der Waals surface area contributed by atoms with Gasteiger partial charge in [-0.2, -0.15) is 0 Å². The van der Waals surface area contributed by atoms with Crippen LogP contribution in [0.3, 0.4) is 0 Å². The number of ether oxygens (including phenoxy) is 1. The van der Waals surface area contributed by atoms with Crippen molar-refractivity contribution >= 4 is 22.8 Å². The third kappa shape index (κ3) is 3.29. The molecular formula is C23H30N4O3. The summed E-state index contributed by atoms with van der Waals surface area (Å²) in [5, 5.41) is 3.27. The first-order chi connectivity index (χ1) is 14.6. The number of carbonyl (C=O) groups excluding carboxylic acids is 2. The van der Waals surface area contributed by atoms with Crippen molar-refractivity contribution in [1.29, 1.82) is 0 Å². The molecule has 160 valence electrons. The highest BCUT2D eigenvalue weighted by Gasteiger charge is 2.49. The maximum Gasteiger partial charge on any atom is 0.290 e. The summed E-state index contributed by atoms with van der Waals surface area (Å²) in [5.74, 6) is 0.163. The van der Waals surface area contributed by atoms with Crippen LogP contribution in [0, 0.1) is 0 Å². The van der Waals surface area contributed by atoms with Gasteiger partial charge in [-0.05, 0) is 44.7 Å². The number of imidazole rings is 1. The molecule has 1 aromatic carbocycles. The van der Waals surface area contributed by atoms with Gasteiger partial charge in [-0.3, -0.25) is 9.59 Å². The normalized spacial score (nSPS) is 27.4. The minimum absolute atomic E-state index is 0.0216.